The van der Waals surface area contributed by atoms with Crippen molar-refractivity contribution in [1.82, 2.24) is 4.31 Å². The van der Waals surface area contributed by atoms with Gasteiger partial charge in [0.05, 0.1) is 17.7 Å². The lowest BCUT2D eigenvalue weighted by molar-refractivity contribution is 0.0600. The second kappa shape index (κ2) is 9.16. The smallest absolute Gasteiger partial charge is 0.337 e. The molecule has 2 aromatic rings. The number of sulfonamides is 1. The molecule has 1 saturated heterocycles. The van der Waals surface area contributed by atoms with Gasteiger partial charge in [0.25, 0.3) is 5.91 Å². The summed E-state index contributed by atoms with van der Waals surface area (Å²) in [6.45, 7) is 2.88. The quantitative estimate of drug-likeness (QED) is 0.699. The molecule has 7 nitrogen and oxygen atoms in total. The summed E-state index contributed by atoms with van der Waals surface area (Å²) in [6, 6.07) is 10.4. The van der Waals surface area contributed by atoms with Crippen molar-refractivity contribution in [3.8, 4) is 0 Å². The molecule has 0 spiro atoms. The van der Waals surface area contributed by atoms with Crippen LogP contribution in [0.25, 0.3) is 0 Å². The Morgan fingerprint density at radius 3 is 2.43 bits per heavy atom. The normalized spacial score (nSPS) is 17.4. The van der Waals surface area contributed by atoms with E-state index in [9.17, 15) is 18.0 Å². The van der Waals surface area contributed by atoms with E-state index < -0.39 is 21.9 Å². The average Bonchev–Trinajstić information content (AvgIpc) is 2.73. The Kier molecular flexibility index (Phi) is 6.80. The minimum atomic E-state index is -3.80. The Labute approximate surface area is 181 Å². The van der Waals surface area contributed by atoms with Crippen molar-refractivity contribution in [2.24, 2.45) is 5.92 Å². The van der Waals surface area contributed by atoms with Crippen LogP contribution in [0.2, 0.25) is 5.02 Å². The summed E-state index contributed by atoms with van der Waals surface area (Å²) in [5.41, 5.74) is 0.975. The van der Waals surface area contributed by atoms with Gasteiger partial charge in [0, 0.05) is 24.3 Å². The van der Waals surface area contributed by atoms with Crippen molar-refractivity contribution in [1.29, 1.82) is 0 Å². The molecule has 0 radical (unpaired) electrons. The van der Waals surface area contributed by atoms with Crippen molar-refractivity contribution >= 4 is 39.2 Å². The number of amides is 1. The molecule has 1 amide bonds. The molecule has 1 aliphatic rings. The third-order valence-electron chi connectivity index (χ3n) is 4.99. The van der Waals surface area contributed by atoms with E-state index in [1.807, 2.05) is 6.92 Å². The van der Waals surface area contributed by atoms with Gasteiger partial charge in [-0.05, 0) is 61.2 Å². The standard InChI is InChI=1S/C21H23ClN2O5S/c1-14-4-3-11-24(13-14)30(27,28)19-12-16(7-10-18(19)22)20(25)23-17-8-5-15(6-9-17)21(26)29-2/h5-10,12,14H,3-4,11,13H2,1-2H3,(H,23,25). The number of hydrogen-bond acceptors (Lipinski definition) is 5. The highest BCUT2D eigenvalue weighted by molar-refractivity contribution is 7.89. The topological polar surface area (TPSA) is 92.8 Å². The van der Waals surface area contributed by atoms with Crippen LogP contribution in [0, 0.1) is 5.92 Å². The monoisotopic (exact) mass is 450 g/mol. The molecular weight excluding hydrogens is 428 g/mol. The number of nitrogens with one attached hydrogen (secondary N) is 1. The van der Waals surface area contributed by atoms with Crippen molar-refractivity contribution in [2.75, 3.05) is 25.5 Å². The van der Waals surface area contributed by atoms with Gasteiger partial charge in [0.15, 0.2) is 0 Å². The van der Waals surface area contributed by atoms with Crippen LogP contribution < -0.4 is 5.32 Å². The Bertz CT molecular complexity index is 1050. The van der Waals surface area contributed by atoms with Crippen molar-refractivity contribution in [3.63, 3.8) is 0 Å². The highest BCUT2D eigenvalue weighted by Crippen LogP contribution is 2.29. The van der Waals surface area contributed by atoms with Gasteiger partial charge < -0.3 is 10.1 Å². The van der Waals surface area contributed by atoms with Crippen LogP contribution in [0.3, 0.4) is 0 Å². The zero-order valence-corrected chi connectivity index (χ0v) is 18.3. The summed E-state index contributed by atoms with van der Waals surface area (Å²) >= 11 is 6.18. The molecule has 160 valence electrons. The molecule has 1 unspecified atom stereocenters. The number of anilines is 1. The van der Waals surface area contributed by atoms with Gasteiger partial charge in [-0.1, -0.05) is 18.5 Å². The van der Waals surface area contributed by atoms with Crippen LogP contribution in [0.1, 0.15) is 40.5 Å². The minimum Gasteiger partial charge on any atom is -0.465 e. The van der Waals surface area contributed by atoms with Crippen LogP contribution in [0.4, 0.5) is 5.69 Å². The molecule has 3 rings (SSSR count). The summed E-state index contributed by atoms with van der Waals surface area (Å²) < 4.78 is 32.2. The van der Waals surface area contributed by atoms with E-state index >= 15 is 0 Å². The third kappa shape index (κ3) is 4.83. The van der Waals surface area contributed by atoms with Gasteiger partial charge in [-0.2, -0.15) is 4.31 Å². The summed E-state index contributed by atoms with van der Waals surface area (Å²) in [5.74, 6) is -0.694. The Morgan fingerprint density at radius 2 is 1.80 bits per heavy atom. The highest BCUT2D eigenvalue weighted by Gasteiger charge is 2.31. The van der Waals surface area contributed by atoms with E-state index in [1.165, 1.54) is 41.7 Å². The van der Waals surface area contributed by atoms with Gasteiger partial charge in [-0.3, -0.25) is 4.79 Å². The number of nitrogens with zero attached hydrogens (tertiary/aromatic N) is 1. The Balaban J connectivity index is 1.82. The van der Waals surface area contributed by atoms with E-state index in [1.54, 1.807) is 12.1 Å². The number of ether oxygens (including phenoxy) is 1. The number of carbonyl (C=O) groups is 2. The van der Waals surface area contributed by atoms with E-state index in [0.29, 0.717) is 24.3 Å². The van der Waals surface area contributed by atoms with E-state index in [0.717, 1.165) is 12.8 Å². The first-order valence-electron chi connectivity index (χ1n) is 9.52. The van der Waals surface area contributed by atoms with E-state index in [4.69, 9.17) is 11.6 Å². The molecule has 2 aromatic carbocycles. The summed E-state index contributed by atoms with van der Waals surface area (Å²) in [4.78, 5) is 24.1. The first-order chi connectivity index (χ1) is 14.2. The highest BCUT2D eigenvalue weighted by atomic mass is 35.5. The zero-order chi connectivity index (χ0) is 21.9. The lowest BCUT2D eigenvalue weighted by Gasteiger charge is -2.30. The molecule has 1 heterocycles. The second-order valence-electron chi connectivity index (χ2n) is 7.28. The van der Waals surface area contributed by atoms with Crippen LogP contribution in [0.5, 0.6) is 0 Å². The predicted octanol–water partition coefficient (Wildman–Crippen LogP) is 3.80. The maximum absolute atomic E-state index is 13.1. The molecule has 0 bridgehead atoms. The fraction of sp³-hybridized carbons (Fsp3) is 0.333. The van der Waals surface area contributed by atoms with Crippen molar-refractivity contribution in [3.05, 3.63) is 58.6 Å². The number of rotatable bonds is 5. The molecule has 9 heteroatoms. The Hall–Kier alpha value is -2.42. The lowest BCUT2D eigenvalue weighted by Crippen LogP contribution is -2.39. The molecule has 1 N–H and O–H groups in total. The fourth-order valence-corrected chi connectivity index (χ4v) is 5.46. The number of benzene rings is 2. The molecule has 1 atom stereocenters. The Morgan fingerprint density at radius 1 is 1.13 bits per heavy atom. The first-order valence-corrected chi connectivity index (χ1v) is 11.3. The molecule has 30 heavy (non-hydrogen) atoms. The number of hydrogen-bond donors (Lipinski definition) is 1. The molecule has 1 fully saturated rings. The predicted molar refractivity (Wildman–Crippen MR) is 114 cm³/mol. The van der Waals surface area contributed by atoms with Gasteiger partial charge in [-0.25, -0.2) is 13.2 Å². The average molecular weight is 451 g/mol. The van der Waals surface area contributed by atoms with Crippen molar-refractivity contribution < 1.29 is 22.7 Å². The van der Waals surface area contributed by atoms with Gasteiger partial charge >= 0.3 is 5.97 Å². The molecular formula is C21H23ClN2O5S. The number of methoxy groups -OCH3 is 1. The van der Waals surface area contributed by atoms with Crippen LogP contribution in [-0.4, -0.2) is 44.8 Å². The van der Waals surface area contributed by atoms with E-state index in [2.05, 4.69) is 10.1 Å². The second-order valence-corrected chi connectivity index (χ2v) is 9.59. The zero-order valence-electron chi connectivity index (χ0n) is 16.7. The molecule has 1 aliphatic heterocycles. The van der Waals surface area contributed by atoms with Gasteiger partial charge in [-0.15, -0.1) is 0 Å². The lowest BCUT2D eigenvalue weighted by atomic mass is 10.0. The summed E-state index contributed by atoms with van der Waals surface area (Å²) in [5, 5.41) is 2.76. The number of halogens is 1. The fourth-order valence-electron chi connectivity index (χ4n) is 3.36. The SMILES string of the molecule is COC(=O)c1ccc(NC(=O)c2ccc(Cl)c(S(=O)(=O)N3CCCC(C)C3)c2)cc1. The molecule has 0 aromatic heterocycles. The van der Waals surface area contributed by atoms with E-state index in [-0.39, 0.29) is 21.4 Å². The van der Waals surface area contributed by atoms with Crippen LogP contribution in [0.15, 0.2) is 47.4 Å². The summed E-state index contributed by atoms with van der Waals surface area (Å²) in [7, 11) is -2.52. The molecule has 0 aliphatic carbocycles. The minimum absolute atomic E-state index is 0.0761. The largest absolute Gasteiger partial charge is 0.465 e. The van der Waals surface area contributed by atoms with Gasteiger partial charge in [0.2, 0.25) is 10.0 Å². The molecule has 0 saturated carbocycles. The number of carbonyl (C=O) groups excluding carboxylic acids is 2. The van der Waals surface area contributed by atoms with Crippen LogP contribution >= 0.6 is 11.6 Å². The number of piperidine rings is 1. The first kappa shape index (κ1) is 22.3. The van der Waals surface area contributed by atoms with Gasteiger partial charge in [0.1, 0.15) is 4.90 Å². The summed E-state index contributed by atoms with van der Waals surface area (Å²) in [6.07, 6.45) is 1.77. The maximum atomic E-state index is 13.1. The van der Waals surface area contributed by atoms with Crippen LogP contribution in [-0.2, 0) is 14.8 Å². The number of esters is 1. The van der Waals surface area contributed by atoms with Crippen molar-refractivity contribution in [2.45, 2.75) is 24.7 Å². The maximum Gasteiger partial charge on any atom is 0.337 e. The third-order valence-corrected chi connectivity index (χ3v) is 7.34.